The zero-order valence-electron chi connectivity index (χ0n) is 21.7. The molecule has 0 radical (unpaired) electrons. The number of para-hydroxylation sites is 1. The first-order chi connectivity index (χ1) is 18.5. The fourth-order valence-corrected chi connectivity index (χ4v) is 6.90. The molecule has 0 fully saturated rings. The number of anilines is 1. The normalized spacial score (nSPS) is 13.6. The Kier molecular flexibility index (Phi) is 8.36. The molecule has 4 aromatic rings. The van der Waals surface area contributed by atoms with Gasteiger partial charge in [-0.1, -0.05) is 49.4 Å². The first kappa shape index (κ1) is 26.3. The Balaban J connectivity index is 1.29. The first-order valence-electron chi connectivity index (χ1n) is 13.0. The topological polar surface area (TPSA) is 83.6 Å². The van der Waals surface area contributed by atoms with Crippen molar-refractivity contribution in [1.29, 1.82) is 0 Å². The molecule has 198 valence electrons. The van der Waals surface area contributed by atoms with Gasteiger partial charge in [-0.25, -0.2) is 9.78 Å². The van der Waals surface area contributed by atoms with E-state index in [0.29, 0.717) is 0 Å². The number of benzene rings is 2. The second-order valence-corrected chi connectivity index (χ2v) is 11.5. The lowest BCUT2D eigenvalue weighted by molar-refractivity contribution is -0.116. The lowest BCUT2D eigenvalue weighted by Crippen LogP contribution is -2.40. The van der Waals surface area contributed by atoms with E-state index in [2.05, 4.69) is 16.7 Å². The van der Waals surface area contributed by atoms with E-state index < -0.39 is 6.09 Å². The minimum absolute atomic E-state index is 0.0375. The second kappa shape index (κ2) is 12.1. The number of thiophene rings is 1. The quantitative estimate of drug-likeness (QED) is 0.252. The summed E-state index contributed by atoms with van der Waals surface area (Å²) in [6.45, 7) is 6.20. The fraction of sp³-hybridized carbons (Fsp3) is 0.345. The molecule has 0 saturated heterocycles. The van der Waals surface area contributed by atoms with E-state index in [1.807, 2.05) is 62.4 Å². The molecule has 0 aliphatic carbocycles. The van der Waals surface area contributed by atoms with Crippen molar-refractivity contribution in [2.75, 3.05) is 18.4 Å². The van der Waals surface area contributed by atoms with Crippen LogP contribution >= 0.6 is 22.7 Å². The average molecular weight is 549 g/mol. The lowest BCUT2D eigenvalue weighted by Gasteiger charge is -2.27. The number of fused-ring (bicyclic) bond motifs is 2. The highest BCUT2D eigenvalue weighted by Crippen LogP contribution is 2.44. The van der Waals surface area contributed by atoms with Crippen LogP contribution in [-0.2, 0) is 29.1 Å². The van der Waals surface area contributed by atoms with Crippen molar-refractivity contribution in [3.63, 3.8) is 0 Å². The van der Waals surface area contributed by atoms with Gasteiger partial charge in [0.05, 0.1) is 10.2 Å². The molecule has 2 aromatic heterocycles. The highest BCUT2D eigenvalue weighted by atomic mass is 32.1. The molecular weight excluding hydrogens is 516 g/mol. The maximum Gasteiger partial charge on any atom is 0.410 e. The van der Waals surface area contributed by atoms with Gasteiger partial charge in [0.25, 0.3) is 0 Å². The van der Waals surface area contributed by atoms with Crippen LogP contribution in [0.25, 0.3) is 20.8 Å². The highest BCUT2D eigenvalue weighted by molar-refractivity contribution is 7.22. The monoisotopic (exact) mass is 548 g/mol. The van der Waals surface area contributed by atoms with Crippen LogP contribution in [0.3, 0.4) is 0 Å². The SMILES string of the molecule is CCC(C)N(CCC(=O)Nc1sc2c(c1-c1nc3ccccc3s1)CCNC2)C(=O)OCc1ccccc1. The van der Waals surface area contributed by atoms with Gasteiger partial charge in [-0.05, 0) is 49.6 Å². The summed E-state index contributed by atoms with van der Waals surface area (Å²) in [4.78, 5) is 33.9. The average Bonchev–Trinajstić information content (AvgIpc) is 3.53. The summed E-state index contributed by atoms with van der Waals surface area (Å²) in [7, 11) is 0. The lowest BCUT2D eigenvalue weighted by atomic mass is 10.0. The molecule has 0 bridgehead atoms. The minimum Gasteiger partial charge on any atom is -0.445 e. The Hall–Kier alpha value is -3.27. The fourth-order valence-electron chi connectivity index (χ4n) is 4.55. The van der Waals surface area contributed by atoms with Crippen molar-refractivity contribution < 1.29 is 14.3 Å². The van der Waals surface area contributed by atoms with Crippen LogP contribution in [0.5, 0.6) is 0 Å². The highest BCUT2D eigenvalue weighted by Gasteiger charge is 2.26. The van der Waals surface area contributed by atoms with E-state index in [1.165, 1.54) is 10.4 Å². The van der Waals surface area contributed by atoms with Gasteiger partial charge in [0.15, 0.2) is 0 Å². The second-order valence-electron chi connectivity index (χ2n) is 9.41. The Bertz CT molecular complexity index is 1380. The molecule has 1 atom stereocenters. The van der Waals surface area contributed by atoms with Crippen molar-refractivity contribution in [3.05, 3.63) is 70.6 Å². The molecule has 3 heterocycles. The Morgan fingerprint density at radius 3 is 2.71 bits per heavy atom. The standard InChI is InChI=1S/C29H32N4O3S2/c1-3-19(2)33(29(35)36-18-20-9-5-4-6-10-20)16-14-25(34)32-28-26(21-13-15-30-17-24(21)38-28)27-31-22-11-7-8-12-23(22)37-27/h4-12,19,30H,3,13-18H2,1-2H3,(H,32,34). The maximum atomic E-state index is 13.2. The number of hydrogen-bond acceptors (Lipinski definition) is 7. The summed E-state index contributed by atoms with van der Waals surface area (Å²) < 4.78 is 6.70. The number of aromatic nitrogens is 1. The van der Waals surface area contributed by atoms with E-state index in [0.717, 1.165) is 57.3 Å². The number of carbonyl (C=O) groups is 2. The summed E-state index contributed by atoms with van der Waals surface area (Å²) in [5.41, 5.74) is 4.22. The number of nitrogens with zero attached hydrogens (tertiary/aromatic N) is 2. The third-order valence-corrected chi connectivity index (χ3v) is 9.03. The number of amides is 2. The van der Waals surface area contributed by atoms with E-state index in [9.17, 15) is 9.59 Å². The van der Waals surface area contributed by atoms with Gasteiger partial charge in [-0.15, -0.1) is 22.7 Å². The van der Waals surface area contributed by atoms with E-state index in [4.69, 9.17) is 9.72 Å². The van der Waals surface area contributed by atoms with Crippen LogP contribution in [0.4, 0.5) is 9.80 Å². The smallest absolute Gasteiger partial charge is 0.410 e. The Labute approximate surface area is 230 Å². The molecule has 0 saturated carbocycles. The molecular formula is C29H32N4O3S2. The van der Waals surface area contributed by atoms with Gasteiger partial charge in [-0.3, -0.25) is 4.79 Å². The summed E-state index contributed by atoms with van der Waals surface area (Å²) in [5.74, 6) is -0.122. The molecule has 38 heavy (non-hydrogen) atoms. The van der Waals surface area contributed by atoms with Gasteiger partial charge in [-0.2, -0.15) is 0 Å². The van der Waals surface area contributed by atoms with Gasteiger partial charge in [0.1, 0.15) is 16.6 Å². The van der Waals surface area contributed by atoms with Crippen LogP contribution in [0.1, 0.15) is 42.7 Å². The number of rotatable bonds is 9. The Morgan fingerprint density at radius 1 is 1.13 bits per heavy atom. The molecule has 0 spiro atoms. The van der Waals surface area contributed by atoms with Crippen molar-refractivity contribution in [2.45, 2.75) is 52.3 Å². The number of thiazole rings is 1. The summed E-state index contributed by atoms with van der Waals surface area (Å²) in [6.07, 6.45) is 1.46. The van der Waals surface area contributed by atoms with Crippen LogP contribution in [0.15, 0.2) is 54.6 Å². The summed E-state index contributed by atoms with van der Waals surface area (Å²) in [6, 6.07) is 17.7. The first-order valence-corrected chi connectivity index (χ1v) is 14.6. The summed E-state index contributed by atoms with van der Waals surface area (Å²) >= 11 is 3.28. The van der Waals surface area contributed by atoms with Crippen molar-refractivity contribution in [2.24, 2.45) is 0 Å². The molecule has 2 N–H and O–H groups in total. The van der Waals surface area contributed by atoms with E-state index in [1.54, 1.807) is 27.6 Å². The molecule has 1 aliphatic rings. The summed E-state index contributed by atoms with van der Waals surface area (Å²) in [5, 5.41) is 8.36. The third kappa shape index (κ3) is 5.90. The number of hydrogen-bond donors (Lipinski definition) is 2. The molecule has 1 unspecified atom stereocenters. The van der Waals surface area contributed by atoms with Gasteiger partial charge >= 0.3 is 6.09 Å². The van der Waals surface area contributed by atoms with Crippen molar-refractivity contribution >= 4 is 49.9 Å². The Morgan fingerprint density at radius 2 is 1.92 bits per heavy atom. The maximum absolute atomic E-state index is 13.2. The zero-order valence-corrected chi connectivity index (χ0v) is 23.3. The predicted octanol–water partition coefficient (Wildman–Crippen LogP) is 6.44. The van der Waals surface area contributed by atoms with E-state index >= 15 is 0 Å². The molecule has 2 amide bonds. The molecule has 5 rings (SSSR count). The van der Waals surface area contributed by atoms with Crippen LogP contribution < -0.4 is 10.6 Å². The van der Waals surface area contributed by atoms with Crippen LogP contribution in [0.2, 0.25) is 0 Å². The number of nitrogens with one attached hydrogen (secondary N) is 2. The number of carbonyl (C=O) groups excluding carboxylic acids is 2. The minimum atomic E-state index is -0.399. The largest absolute Gasteiger partial charge is 0.445 e. The molecule has 7 nitrogen and oxygen atoms in total. The number of ether oxygens (including phenoxy) is 1. The van der Waals surface area contributed by atoms with Gasteiger partial charge in [0.2, 0.25) is 5.91 Å². The molecule has 2 aromatic carbocycles. The van der Waals surface area contributed by atoms with Gasteiger partial charge < -0.3 is 20.3 Å². The van der Waals surface area contributed by atoms with Crippen molar-refractivity contribution in [3.8, 4) is 10.6 Å². The van der Waals surface area contributed by atoms with Crippen LogP contribution in [-0.4, -0.2) is 41.0 Å². The predicted molar refractivity (Wildman–Crippen MR) is 155 cm³/mol. The molecule has 9 heteroatoms. The zero-order chi connectivity index (χ0) is 26.5. The molecule has 1 aliphatic heterocycles. The third-order valence-electron chi connectivity index (χ3n) is 6.83. The van der Waals surface area contributed by atoms with Crippen molar-refractivity contribution in [1.82, 2.24) is 15.2 Å². The van der Waals surface area contributed by atoms with Crippen LogP contribution in [0, 0.1) is 0 Å². The van der Waals surface area contributed by atoms with Gasteiger partial charge in [0, 0.05) is 36.0 Å². The van der Waals surface area contributed by atoms with E-state index in [-0.39, 0.29) is 31.5 Å².